The van der Waals surface area contributed by atoms with E-state index in [-0.39, 0.29) is 11.5 Å². The molecule has 0 fully saturated rings. The average molecular weight is 290 g/mol. The van der Waals surface area contributed by atoms with Crippen LogP contribution >= 0.6 is 24.0 Å². The Labute approximate surface area is 119 Å². The number of isothiocyanates is 1. The second kappa shape index (κ2) is 6.29. The van der Waals surface area contributed by atoms with Crippen LogP contribution in [-0.4, -0.2) is 15.1 Å². The number of nitrogen functional groups attached to an aromatic ring is 1. The highest BCUT2D eigenvalue weighted by atomic mass is 32.2. The molecule has 96 valence electrons. The van der Waals surface area contributed by atoms with Gasteiger partial charge in [0.1, 0.15) is 0 Å². The maximum atomic E-state index is 11.7. The summed E-state index contributed by atoms with van der Waals surface area (Å²) in [4.78, 5) is 22.0. The van der Waals surface area contributed by atoms with Gasteiger partial charge in [-0.15, -0.1) is 0 Å². The average Bonchev–Trinajstić information content (AvgIpc) is 2.42. The molecule has 2 rings (SSSR count). The maximum Gasteiger partial charge on any atom is 0.280 e. The fourth-order valence-electron chi connectivity index (χ4n) is 1.41. The number of benzene rings is 1. The number of nitrogens with two attached hydrogens (primary N) is 1. The molecule has 0 saturated heterocycles. The van der Waals surface area contributed by atoms with Crippen LogP contribution in [0, 0.1) is 0 Å². The van der Waals surface area contributed by atoms with Crippen LogP contribution in [0.5, 0.6) is 0 Å². The molecule has 0 aliphatic rings. The zero-order chi connectivity index (χ0) is 13.7. The molecule has 0 radical (unpaired) electrons. The first-order valence-electron chi connectivity index (χ1n) is 5.35. The third kappa shape index (κ3) is 3.51. The number of thiocarbonyl (C=S) groups is 1. The van der Waals surface area contributed by atoms with Crippen molar-refractivity contribution in [3.63, 3.8) is 0 Å². The monoisotopic (exact) mass is 290 g/mol. The maximum absolute atomic E-state index is 11.7. The minimum Gasteiger partial charge on any atom is -0.382 e. The van der Waals surface area contributed by atoms with Gasteiger partial charge < -0.3 is 5.73 Å². The molecule has 7 heteroatoms. The molecule has 19 heavy (non-hydrogen) atoms. The predicted molar refractivity (Wildman–Crippen MR) is 80.0 cm³/mol. The molecule has 0 bridgehead atoms. The standard InChI is InChI=1S/C12H10N4OS2/c13-10-9(14-7-18)11(17)16-12(15-10)19-6-8-4-2-1-3-5-8/h1-5H,6H2,(H3,13,15,16,17). The molecule has 5 nitrogen and oxygen atoms in total. The first kappa shape index (κ1) is 13.5. The number of thioether (sulfide) groups is 1. The summed E-state index contributed by atoms with van der Waals surface area (Å²) in [6, 6.07) is 9.86. The molecule has 0 saturated carbocycles. The molecular weight excluding hydrogens is 280 g/mol. The van der Waals surface area contributed by atoms with E-state index >= 15 is 0 Å². The summed E-state index contributed by atoms with van der Waals surface area (Å²) in [5, 5.41) is 2.56. The molecule has 1 aromatic carbocycles. The SMILES string of the molecule is Nc1nc(SCc2ccccc2)[nH]c(=O)c1N=C=S. The van der Waals surface area contributed by atoms with Crippen LogP contribution in [0.25, 0.3) is 0 Å². The van der Waals surface area contributed by atoms with Crippen molar-refractivity contribution in [2.24, 2.45) is 4.99 Å². The third-order valence-corrected chi connectivity index (χ3v) is 3.31. The lowest BCUT2D eigenvalue weighted by molar-refractivity contribution is 0.944. The van der Waals surface area contributed by atoms with Gasteiger partial charge in [-0.2, -0.15) is 4.99 Å². The molecule has 0 aliphatic carbocycles. The summed E-state index contributed by atoms with van der Waals surface area (Å²) in [5.41, 5.74) is 6.37. The molecular formula is C12H10N4OS2. The van der Waals surface area contributed by atoms with Crippen LogP contribution in [0.4, 0.5) is 11.5 Å². The Hall–Kier alpha value is -1.95. The van der Waals surface area contributed by atoms with Crippen LogP contribution in [0.15, 0.2) is 45.3 Å². The zero-order valence-corrected chi connectivity index (χ0v) is 11.4. The van der Waals surface area contributed by atoms with Gasteiger partial charge in [0.15, 0.2) is 16.7 Å². The number of aliphatic imine (C=N–C) groups is 1. The Balaban J connectivity index is 2.19. The topological polar surface area (TPSA) is 84.1 Å². The van der Waals surface area contributed by atoms with Gasteiger partial charge >= 0.3 is 0 Å². The number of hydrogen-bond acceptors (Lipinski definition) is 6. The fourth-order valence-corrected chi connectivity index (χ4v) is 2.33. The number of hydrogen-bond donors (Lipinski definition) is 2. The molecule has 0 spiro atoms. The van der Waals surface area contributed by atoms with Crippen molar-refractivity contribution < 1.29 is 0 Å². The molecule has 0 atom stereocenters. The van der Waals surface area contributed by atoms with Crippen molar-refractivity contribution in [3.05, 3.63) is 46.2 Å². The number of aromatic amines is 1. The van der Waals surface area contributed by atoms with Crippen molar-refractivity contribution >= 4 is 40.6 Å². The molecule has 1 heterocycles. The van der Waals surface area contributed by atoms with Crippen LogP contribution in [0.3, 0.4) is 0 Å². The second-order valence-corrected chi connectivity index (χ2v) is 4.73. The minimum atomic E-state index is -0.416. The van der Waals surface area contributed by atoms with Crippen LogP contribution in [0.1, 0.15) is 5.56 Å². The summed E-state index contributed by atoms with van der Waals surface area (Å²) >= 11 is 5.84. The Morgan fingerprint density at radius 2 is 2.16 bits per heavy atom. The number of H-pyrrole nitrogens is 1. The van der Waals surface area contributed by atoms with E-state index in [1.807, 2.05) is 30.3 Å². The quantitative estimate of drug-likeness (QED) is 0.391. The normalized spacial score (nSPS) is 9.89. The van der Waals surface area contributed by atoms with Crippen molar-refractivity contribution in [1.29, 1.82) is 0 Å². The largest absolute Gasteiger partial charge is 0.382 e. The van der Waals surface area contributed by atoms with Gasteiger partial charge in [0.2, 0.25) is 0 Å². The van der Waals surface area contributed by atoms with Crippen LogP contribution in [-0.2, 0) is 5.75 Å². The van der Waals surface area contributed by atoms with E-state index in [0.29, 0.717) is 10.9 Å². The van der Waals surface area contributed by atoms with E-state index in [0.717, 1.165) is 5.56 Å². The number of aromatic nitrogens is 2. The zero-order valence-electron chi connectivity index (χ0n) is 9.79. The van der Waals surface area contributed by atoms with Gasteiger partial charge in [-0.25, -0.2) is 4.98 Å². The van der Waals surface area contributed by atoms with Crippen molar-refractivity contribution in [3.8, 4) is 0 Å². The summed E-state index contributed by atoms with van der Waals surface area (Å²) in [6.07, 6.45) is 0. The molecule has 0 amide bonds. The molecule has 0 aliphatic heterocycles. The second-order valence-electron chi connectivity index (χ2n) is 3.58. The van der Waals surface area contributed by atoms with Gasteiger partial charge in [-0.1, -0.05) is 42.1 Å². The molecule has 2 aromatic rings. The van der Waals surface area contributed by atoms with E-state index in [4.69, 9.17) is 5.73 Å². The summed E-state index contributed by atoms with van der Waals surface area (Å²) in [5.74, 6) is 0.746. The van der Waals surface area contributed by atoms with E-state index in [2.05, 4.69) is 32.3 Å². The number of nitrogens with zero attached hydrogens (tertiary/aromatic N) is 2. The lowest BCUT2D eigenvalue weighted by atomic mass is 10.2. The van der Waals surface area contributed by atoms with Crippen molar-refractivity contribution in [2.45, 2.75) is 10.9 Å². The third-order valence-electron chi connectivity index (χ3n) is 2.28. The summed E-state index contributed by atoms with van der Waals surface area (Å²) in [7, 11) is 0. The highest BCUT2D eigenvalue weighted by Crippen LogP contribution is 2.21. The first-order valence-corrected chi connectivity index (χ1v) is 6.74. The van der Waals surface area contributed by atoms with Crippen molar-refractivity contribution in [1.82, 2.24) is 9.97 Å². The Kier molecular flexibility index (Phi) is 4.46. The van der Waals surface area contributed by atoms with Gasteiger partial charge in [-0.3, -0.25) is 9.78 Å². The summed E-state index contributed by atoms with van der Waals surface area (Å²) < 4.78 is 0. The van der Waals surface area contributed by atoms with Crippen LogP contribution in [0.2, 0.25) is 0 Å². The molecule has 1 aromatic heterocycles. The fraction of sp³-hybridized carbons (Fsp3) is 0.0833. The predicted octanol–water partition coefficient (Wildman–Crippen LogP) is 2.38. The lowest BCUT2D eigenvalue weighted by Gasteiger charge is -2.03. The van der Waals surface area contributed by atoms with Gasteiger partial charge in [0.05, 0.1) is 5.16 Å². The molecule has 0 unspecified atom stereocenters. The Morgan fingerprint density at radius 3 is 2.79 bits per heavy atom. The number of nitrogens with one attached hydrogen (secondary N) is 1. The summed E-state index contributed by atoms with van der Waals surface area (Å²) in [6.45, 7) is 0. The van der Waals surface area contributed by atoms with E-state index < -0.39 is 5.56 Å². The van der Waals surface area contributed by atoms with E-state index in [9.17, 15) is 4.79 Å². The van der Waals surface area contributed by atoms with Gasteiger partial charge in [-0.05, 0) is 17.8 Å². The van der Waals surface area contributed by atoms with Crippen molar-refractivity contribution in [2.75, 3.05) is 5.73 Å². The Bertz CT molecular complexity index is 678. The van der Waals surface area contributed by atoms with Gasteiger partial charge in [0, 0.05) is 5.75 Å². The highest BCUT2D eigenvalue weighted by molar-refractivity contribution is 7.98. The minimum absolute atomic E-state index is 0.000869. The number of anilines is 1. The lowest BCUT2D eigenvalue weighted by Crippen LogP contribution is -2.11. The highest BCUT2D eigenvalue weighted by Gasteiger charge is 2.08. The van der Waals surface area contributed by atoms with E-state index in [1.54, 1.807) is 0 Å². The van der Waals surface area contributed by atoms with E-state index in [1.165, 1.54) is 11.8 Å². The van der Waals surface area contributed by atoms with Crippen LogP contribution < -0.4 is 11.3 Å². The van der Waals surface area contributed by atoms with Gasteiger partial charge in [0.25, 0.3) is 5.56 Å². The first-order chi connectivity index (χ1) is 9.20. The Morgan fingerprint density at radius 1 is 1.42 bits per heavy atom. The molecule has 3 N–H and O–H groups in total. The number of rotatable bonds is 4. The smallest absolute Gasteiger partial charge is 0.280 e.